The van der Waals surface area contributed by atoms with Crippen molar-refractivity contribution >= 4 is 5.97 Å². The molecule has 0 radical (unpaired) electrons. The van der Waals surface area contributed by atoms with Gasteiger partial charge in [0.05, 0.1) is 27.4 Å². The molecular weight excluding hydrogens is 276 g/mol. The molecule has 0 bridgehead atoms. The van der Waals surface area contributed by atoms with Crippen LogP contribution in [0.4, 0.5) is 0 Å². The highest BCUT2D eigenvalue weighted by atomic mass is 16.5. The Morgan fingerprint density at radius 2 is 1.71 bits per heavy atom. The summed E-state index contributed by atoms with van der Waals surface area (Å²) in [5.41, 5.74) is 0.288. The fourth-order valence-corrected chi connectivity index (χ4v) is 1.58. The standard InChI is InChI=1S/C14H14N2O5/c1-18-11-8-12(16-14(15-11)20-3)21-10-7-5-4-6-9(10)13(17)19-2/h4-8H,1-3H3. The average molecular weight is 290 g/mol. The molecule has 0 aliphatic heterocycles. The molecule has 0 amide bonds. The monoisotopic (exact) mass is 290 g/mol. The van der Waals surface area contributed by atoms with Crippen LogP contribution < -0.4 is 14.2 Å². The van der Waals surface area contributed by atoms with Gasteiger partial charge in [-0.25, -0.2) is 4.79 Å². The highest BCUT2D eigenvalue weighted by Crippen LogP contribution is 2.27. The molecule has 0 N–H and O–H groups in total. The zero-order valence-corrected chi connectivity index (χ0v) is 11.8. The maximum absolute atomic E-state index is 11.7. The van der Waals surface area contributed by atoms with Crippen LogP contribution in [0.1, 0.15) is 10.4 Å². The molecule has 0 saturated heterocycles. The van der Waals surface area contributed by atoms with Crippen LogP contribution in [0, 0.1) is 0 Å². The Bertz CT molecular complexity index is 623. The van der Waals surface area contributed by atoms with Crippen LogP contribution in [0.2, 0.25) is 0 Å². The van der Waals surface area contributed by atoms with E-state index in [4.69, 9.17) is 18.9 Å². The van der Waals surface area contributed by atoms with Gasteiger partial charge in [-0.05, 0) is 12.1 Å². The van der Waals surface area contributed by atoms with Crippen LogP contribution in [-0.2, 0) is 4.74 Å². The summed E-state index contributed by atoms with van der Waals surface area (Å²) in [5, 5.41) is 0. The van der Waals surface area contributed by atoms with Crippen molar-refractivity contribution in [2.75, 3.05) is 21.3 Å². The molecule has 0 aliphatic rings. The van der Waals surface area contributed by atoms with Gasteiger partial charge in [-0.3, -0.25) is 0 Å². The third-order valence-corrected chi connectivity index (χ3v) is 2.56. The van der Waals surface area contributed by atoms with Crippen LogP contribution in [-0.4, -0.2) is 37.3 Å². The minimum absolute atomic E-state index is 0.0971. The van der Waals surface area contributed by atoms with E-state index >= 15 is 0 Å². The quantitative estimate of drug-likeness (QED) is 0.780. The third-order valence-electron chi connectivity index (χ3n) is 2.56. The largest absolute Gasteiger partial charge is 0.481 e. The summed E-state index contributed by atoms with van der Waals surface area (Å²) in [5.74, 6) is 0.285. The molecule has 0 atom stereocenters. The number of hydrogen-bond donors (Lipinski definition) is 0. The van der Waals surface area contributed by atoms with Crippen molar-refractivity contribution < 1.29 is 23.7 Å². The van der Waals surface area contributed by atoms with Crippen LogP contribution in [0.5, 0.6) is 23.5 Å². The molecule has 2 rings (SSSR count). The van der Waals surface area contributed by atoms with Gasteiger partial charge < -0.3 is 18.9 Å². The van der Waals surface area contributed by atoms with Crippen molar-refractivity contribution in [3.8, 4) is 23.5 Å². The highest BCUT2D eigenvalue weighted by molar-refractivity contribution is 5.92. The Kier molecular flexibility index (Phi) is 4.55. The Morgan fingerprint density at radius 1 is 1.00 bits per heavy atom. The maximum atomic E-state index is 11.7. The number of hydrogen-bond acceptors (Lipinski definition) is 7. The lowest BCUT2D eigenvalue weighted by molar-refractivity contribution is 0.0598. The molecule has 0 unspecified atom stereocenters. The second-order valence-corrected chi connectivity index (χ2v) is 3.83. The second-order valence-electron chi connectivity index (χ2n) is 3.83. The summed E-state index contributed by atoms with van der Waals surface area (Å²) in [6.07, 6.45) is 0. The molecule has 0 spiro atoms. The molecular formula is C14H14N2O5. The van der Waals surface area contributed by atoms with E-state index in [0.717, 1.165) is 0 Å². The molecule has 7 heteroatoms. The Balaban J connectivity index is 2.36. The summed E-state index contributed by atoms with van der Waals surface area (Å²) in [6.45, 7) is 0. The Labute approximate surface area is 121 Å². The van der Waals surface area contributed by atoms with Gasteiger partial charge in [-0.15, -0.1) is 0 Å². The average Bonchev–Trinajstić information content (AvgIpc) is 2.54. The second kappa shape index (κ2) is 6.56. The normalized spacial score (nSPS) is 9.86. The Morgan fingerprint density at radius 3 is 2.38 bits per heavy atom. The van der Waals surface area contributed by atoms with E-state index < -0.39 is 5.97 Å². The molecule has 0 aliphatic carbocycles. The number of ether oxygens (including phenoxy) is 4. The van der Waals surface area contributed by atoms with Crippen molar-refractivity contribution in [2.24, 2.45) is 0 Å². The van der Waals surface area contributed by atoms with Crippen molar-refractivity contribution in [1.82, 2.24) is 9.97 Å². The smallest absolute Gasteiger partial charge is 0.341 e. The fourth-order valence-electron chi connectivity index (χ4n) is 1.58. The molecule has 2 aromatic rings. The highest BCUT2D eigenvalue weighted by Gasteiger charge is 2.14. The summed E-state index contributed by atoms with van der Waals surface area (Å²) in [6, 6.07) is 8.25. The number of nitrogens with zero attached hydrogens (tertiary/aromatic N) is 2. The van der Waals surface area contributed by atoms with Gasteiger partial charge >= 0.3 is 12.0 Å². The number of methoxy groups -OCH3 is 3. The van der Waals surface area contributed by atoms with Gasteiger partial charge in [0.1, 0.15) is 11.3 Å². The topological polar surface area (TPSA) is 79.8 Å². The number of carbonyl (C=O) groups excluding carboxylic acids is 1. The minimum atomic E-state index is -0.501. The van der Waals surface area contributed by atoms with Crippen molar-refractivity contribution in [1.29, 1.82) is 0 Å². The molecule has 1 aromatic carbocycles. The third kappa shape index (κ3) is 3.38. The first-order valence-electron chi connectivity index (χ1n) is 6.00. The van der Waals surface area contributed by atoms with E-state index in [-0.39, 0.29) is 23.3 Å². The van der Waals surface area contributed by atoms with E-state index in [1.165, 1.54) is 27.4 Å². The van der Waals surface area contributed by atoms with Crippen molar-refractivity contribution in [2.45, 2.75) is 0 Å². The first-order chi connectivity index (χ1) is 10.2. The molecule has 0 saturated carbocycles. The van der Waals surface area contributed by atoms with Crippen molar-refractivity contribution in [3.05, 3.63) is 35.9 Å². The van der Waals surface area contributed by atoms with Gasteiger partial charge in [-0.2, -0.15) is 9.97 Å². The van der Waals surface area contributed by atoms with E-state index in [2.05, 4.69) is 9.97 Å². The molecule has 0 fully saturated rings. The number of para-hydroxylation sites is 1. The van der Waals surface area contributed by atoms with E-state index in [9.17, 15) is 4.79 Å². The summed E-state index contributed by atoms with van der Waals surface area (Å²) in [7, 11) is 4.20. The molecule has 7 nitrogen and oxygen atoms in total. The van der Waals surface area contributed by atoms with Gasteiger partial charge in [0.25, 0.3) is 0 Å². The predicted molar refractivity (Wildman–Crippen MR) is 73.0 cm³/mol. The predicted octanol–water partition coefficient (Wildman–Crippen LogP) is 2.07. The summed E-state index contributed by atoms with van der Waals surface area (Å²) >= 11 is 0. The Hall–Kier alpha value is -2.83. The molecule has 1 aromatic heterocycles. The first-order valence-corrected chi connectivity index (χ1v) is 6.00. The lowest BCUT2D eigenvalue weighted by atomic mass is 10.2. The first kappa shape index (κ1) is 14.6. The van der Waals surface area contributed by atoms with Gasteiger partial charge in [-0.1, -0.05) is 12.1 Å². The number of esters is 1. The number of aromatic nitrogens is 2. The number of rotatable bonds is 5. The summed E-state index contributed by atoms with van der Waals surface area (Å²) in [4.78, 5) is 19.7. The van der Waals surface area contributed by atoms with E-state index in [1.54, 1.807) is 24.3 Å². The zero-order chi connectivity index (χ0) is 15.2. The van der Waals surface area contributed by atoms with Crippen LogP contribution in [0.3, 0.4) is 0 Å². The van der Waals surface area contributed by atoms with Gasteiger partial charge in [0.15, 0.2) is 0 Å². The molecule has 1 heterocycles. The fraction of sp³-hybridized carbons (Fsp3) is 0.214. The van der Waals surface area contributed by atoms with Crippen molar-refractivity contribution in [3.63, 3.8) is 0 Å². The number of benzene rings is 1. The minimum Gasteiger partial charge on any atom is -0.481 e. The van der Waals surface area contributed by atoms with E-state index in [0.29, 0.717) is 5.75 Å². The molecule has 21 heavy (non-hydrogen) atoms. The van der Waals surface area contributed by atoms with Gasteiger partial charge in [0, 0.05) is 0 Å². The summed E-state index contributed by atoms with van der Waals surface area (Å²) < 4.78 is 20.3. The molecule has 110 valence electrons. The lowest BCUT2D eigenvalue weighted by Crippen LogP contribution is -2.04. The van der Waals surface area contributed by atoms with Crippen LogP contribution >= 0.6 is 0 Å². The van der Waals surface area contributed by atoms with Crippen LogP contribution in [0.25, 0.3) is 0 Å². The zero-order valence-electron chi connectivity index (χ0n) is 11.8. The maximum Gasteiger partial charge on any atom is 0.341 e. The SMILES string of the molecule is COC(=O)c1ccccc1Oc1cc(OC)nc(OC)n1. The van der Waals surface area contributed by atoms with E-state index in [1.807, 2.05) is 0 Å². The number of carbonyl (C=O) groups is 1. The lowest BCUT2D eigenvalue weighted by Gasteiger charge is -2.10. The van der Waals surface area contributed by atoms with Crippen LogP contribution in [0.15, 0.2) is 30.3 Å². The van der Waals surface area contributed by atoms with Gasteiger partial charge in [0.2, 0.25) is 11.8 Å².